The zero-order chi connectivity index (χ0) is 18.8. The van der Waals surface area contributed by atoms with Crippen molar-refractivity contribution in [1.82, 2.24) is 14.8 Å². The molecule has 1 unspecified atom stereocenters. The number of nitrogens with zero attached hydrogens (tertiary/aromatic N) is 2. The predicted octanol–water partition coefficient (Wildman–Crippen LogP) is 4.43. The highest BCUT2D eigenvalue weighted by atomic mass is 15.1. The zero-order valence-electron chi connectivity index (χ0n) is 16.4. The fourth-order valence-corrected chi connectivity index (χ4v) is 4.19. The second-order valence-corrected chi connectivity index (χ2v) is 7.89. The van der Waals surface area contributed by atoms with Crippen LogP contribution in [0.5, 0.6) is 0 Å². The van der Waals surface area contributed by atoms with Crippen LogP contribution in [0, 0.1) is 5.92 Å². The molecule has 0 aliphatic carbocycles. The lowest BCUT2D eigenvalue weighted by molar-refractivity contribution is 0.220. The molecule has 0 fully saturated rings. The molecule has 0 radical (unpaired) electrons. The number of fused-ring (bicyclic) bond motifs is 2. The molecule has 0 saturated heterocycles. The molecule has 4 rings (SSSR count). The highest BCUT2D eigenvalue weighted by Crippen LogP contribution is 2.25. The summed E-state index contributed by atoms with van der Waals surface area (Å²) in [6.45, 7) is 10.9. The van der Waals surface area contributed by atoms with Gasteiger partial charge >= 0.3 is 0 Å². The third-order valence-corrected chi connectivity index (χ3v) is 5.67. The van der Waals surface area contributed by atoms with Crippen molar-refractivity contribution in [2.24, 2.45) is 13.0 Å². The van der Waals surface area contributed by atoms with Crippen LogP contribution in [0.3, 0.4) is 0 Å². The molecular formula is C24H29N3. The Morgan fingerprint density at radius 3 is 2.70 bits per heavy atom. The predicted molar refractivity (Wildman–Crippen MR) is 115 cm³/mol. The van der Waals surface area contributed by atoms with Gasteiger partial charge in [0.15, 0.2) is 0 Å². The van der Waals surface area contributed by atoms with Gasteiger partial charge in [0, 0.05) is 61.6 Å². The monoisotopic (exact) mass is 359 g/mol. The number of benzene rings is 2. The van der Waals surface area contributed by atoms with Crippen molar-refractivity contribution in [2.45, 2.75) is 19.9 Å². The zero-order valence-corrected chi connectivity index (χ0v) is 16.4. The lowest BCUT2D eigenvalue weighted by atomic mass is 9.99. The molecule has 1 aromatic heterocycles. The molecule has 140 valence electrons. The summed E-state index contributed by atoms with van der Waals surface area (Å²) in [5.74, 6) is 0.571. The minimum atomic E-state index is 0.571. The highest BCUT2D eigenvalue weighted by molar-refractivity contribution is 5.92. The third kappa shape index (κ3) is 3.79. The van der Waals surface area contributed by atoms with Crippen LogP contribution in [0.4, 0.5) is 0 Å². The number of rotatable bonds is 6. The van der Waals surface area contributed by atoms with E-state index < -0.39 is 0 Å². The molecule has 0 bridgehead atoms. The molecule has 0 spiro atoms. The van der Waals surface area contributed by atoms with Gasteiger partial charge in [0.25, 0.3) is 0 Å². The van der Waals surface area contributed by atoms with Gasteiger partial charge < -0.3 is 9.88 Å². The summed E-state index contributed by atoms with van der Waals surface area (Å²) in [5, 5.41) is 4.84. The molecule has 0 amide bonds. The normalized spacial score (nSPS) is 15.5. The topological polar surface area (TPSA) is 20.2 Å². The smallest absolute Gasteiger partial charge is 0.0484 e. The van der Waals surface area contributed by atoms with Crippen LogP contribution in [0.15, 0.2) is 61.3 Å². The van der Waals surface area contributed by atoms with Crippen molar-refractivity contribution >= 4 is 16.6 Å². The van der Waals surface area contributed by atoms with E-state index in [1.54, 1.807) is 0 Å². The van der Waals surface area contributed by atoms with E-state index in [0.29, 0.717) is 5.92 Å². The van der Waals surface area contributed by atoms with Gasteiger partial charge in [-0.3, -0.25) is 4.90 Å². The fourth-order valence-electron chi connectivity index (χ4n) is 4.19. The van der Waals surface area contributed by atoms with Gasteiger partial charge in [0.05, 0.1) is 0 Å². The fraction of sp³-hybridized carbons (Fsp3) is 0.333. The average Bonchev–Trinajstić information content (AvgIpc) is 3.03. The Balaban J connectivity index is 1.34. The van der Waals surface area contributed by atoms with Crippen molar-refractivity contribution in [3.05, 3.63) is 78.0 Å². The standard InChI is InChI=1S/C24H29N3/c1-18(15-27-13-12-20-8-4-5-9-21(20)16-27)14-25-19(2)23-17-26(3)24-11-7-6-10-22(23)24/h4-11,17-18,25H,2,12-16H2,1,3H3. The molecule has 1 aliphatic heterocycles. The summed E-state index contributed by atoms with van der Waals surface area (Å²) in [4.78, 5) is 2.58. The van der Waals surface area contributed by atoms with Crippen molar-refractivity contribution in [1.29, 1.82) is 0 Å². The maximum absolute atomic E-state index is 4.30. The molecule has 3 nitrogen and oxygen atoms in total. The molecule has 0 saturated carbocycles. The molecular weight excluding hydrogens is 330 g/mol. The van der Waals surface area contributed by atoms with E-state index in [2.05, 4.69) is 90.1 Å². The van der Waals surface area contributed by atoms with Crippen LogP contribution in [0.1, 0.15) is 23.6 Å². The minimum Gasteiger partial charge on any atom is -0.385 e. The second kappa shape index (κ2) is 7.61. The Labute approximate surface area is 162 Å². The van der Waals surface area contributed by atoms with E-state index in [4.69, 9.17) is 0 Å². The Morgan fingerprint density at radius 1 is 1.11 bits per heavy atom. The third-order valence-electron chi connectivity index (χ3n) is 5.67. The molecule has 27 heavy (non-hydrogen) atoms. The largest absolute Gasteiger partial charge is 0.385 e. The number of aryl methyl sites for hydroxylation is 1. The molecule has 1 atom stereocenters. The molecule has 3 heteroatoms. The van der Waals surface area contributed by atoms with E-state index in [9.17, 15) is 0 Å². The SMILES string of the molecule is C=C(NCC(C)CN1CCc2ccccc2C1)c1cn(C)c2ccccc12. The van der Waals surface area contributed by atoms with Crippen LogP contribution in [0.25, 0.3) is 16.6 Å². The van der Waals surface area contributed by atoms with Crippen LogP contribution >= 0.6 is 0 Å². The average molecular weight is 360 g/mol. The van der Waals surface area contributed by atoms with Crippen LogP contribution in [-0.4, -0.2) is 29.1 Å². The summed E-state index contributed by atoms with van der Waals surface area (Å²) < 4.78 is 2.17. The second-order valence-electron chi connectivity index (χ2n) is 7.89. The Hall–Kier alpha value is -2.52. The van der Waals surface area contributed by atoms with E-state index in [1.165, 1.54) is 34.0 Å². The lowest BCUT2D eigenvalue weighted by Crippen LogP contribution is -2.36. The lowest BCUT2D eigenvalue weighted by Gasteiger charge is -2.31. The summed E-state index contributed by atoms with van der Waals surface area (Å²) >= 11 is 0. The molecule has 2 aromatic carbocycles. The first-order valence-electron chi connectivity index (χ1n) is 9.88. The van der Waals surface area contributed by atoms with Crippen molar-refractivity contribution in [3.8, 4) is 0 Å². The number of para-hydroxylation sites is 1. The van der Waals surface area contributed by atoms with Crippen molar-refractivity contribution < 1.29 is 0 Å². The molecule has 1 aliphatic rings. The molecule has 3 aromatic rings. The first kappa shape index (κ1) is 17.9. The van der Waals surface area contributed by atoms with E-state index >= 15 is 0 Å². The Kier molecular flexibility index (Phi) is 5.04. The van der Waals surface area contributed by atoms with Gasteiger partial charge in [-0.05, 0) is 29.5 Å². The first-order valence-corrected chi connectivity index (χ1v) is 9.88. The van der Waals surface area contributed by atoms with E-state index in [0.717, 1.165) is 31.9 Å². The van der Waals surface area contributed by atoms with Crippen LogP contribution in [0.2, 0.25) is 0 Å². The quantitative estimate of drug-likeness (QED) is 0.702. The number of hydrogen-bond donors (Lipinski definition) is 1. The number of nitrogens with one attached hydrogen (secondary N) is 1. The maximum atomic E-state index is 4.30. The summed E-state index contributed by atoms with van der Waals surface area (Å²) in [7, 11) is 2.09. The highest BCUT2D eigenvalue weighted by Gasteiger charge is 2.18. The summed E-state index contributed by atoms with van der Waals surface area (Å²) in [6, 6.07) is 17.4. The first-order chi connectivity index (χ1) is 13.1. The summed E-state index contributed by atoms with van der Waals surface area (Å²) in [6.07, 6.45) is 3.34. The van der Waals surface area contributed by atoms with Gasteiger partial charge in [-0.25, -0.2) is 0 Å². The van der Waals surface area contributed by atoms with Gasteiger partial charge in [0.2, 0.25) is 0 Å². The number of hydrogen-bond acceptors (Lipinski definition) is 2. The van der Waals surface area contributed by atoms with Gasteiger partial charge in [0.1, 0.15) is 0 Å². The van der Waals surface area contributed by atoms with Gasteiger partial charge in [-0.1, -0.05) is 56.0 Å². The van der Waals surface area contributed by atoms with E-state index in [-0.39, 0.29) is 0 Å². The van der Waals surface area contributed by atoms with Gasteiger partial charge in [-0.2, -0.15) is 0 Å². The van der Waals surface area contributed by atoms with Gasteiger partial charge in [-0.15, -0.1) is 0 Å². The Morgan fingerprint density at radius 2 is 1.85 bits per heavy atom. The molecule has 1 N–H and O–H groups in total. The van der Waals surface area contributed by atoms with Crippen LogP contribution < -0.4 is 5.32 Å². The maximum Gasteiger partial charge on any atom is 0.0484 e. The minimum absolute atomic E-state index is 0.571. The van der Waals surface area contributed by atoms with Crippen molar-refractivity contribution in [3.63, 3.8) is 0 Å². The van der Waals surface area contributed by atoms with Crippen molar-refractivity contribution in [2.75, 3.05) is 19.6 Å². The van der Waals surface area contributed by atoms with Crippen LogP contribution in [-0.2, 0) is 20.0 Å². The molecule has 2 heterocycles. The summed E-state index contributed by atoms with van der Waals surface area (Å²) in [5.41, 5.74) is 6.47. The Bertz CT molecular complexity index is 953. The van der Waals surface area contributed by atoms with E-state index in [1.807, 2.05) is 0 Å². The number of aromatic nitrogens is 1.